The third-order valence-corrected chi connectivity index (χ3v) is 2.81. The van der Waals surface area contributed by atoms with Gasteiger partial charge >= 0.3 is 5.97 Å². The molecule has 0 aliphatic rings. The predicted octanol–water partition coefficient (Wildman–Crippen LogP) is 1.48. The van der Waals surface area contributed by atoms with Crippen molar-refractivity contribution in [3.63, 3.8) is 0 Å². The maximum Gasteiger partial charge on any atom is 0.303 e. The van der Waals surface area contributed by atoms with E-state index in [2.05, 4.69) is 5.10 Å². The Bertz CT molecular complexity index is 570. The van der Waals surface area contributed by atoms with Crippen molar-refractivity contribution in [1.82, 2.24) is 5.10 Å². The fourth-order valence-electron chi connectivity index (χ4n) is 1.83. The lowest BCUT2D eigenvalue weighted by Crippen LogP contribution is -2.41. The molecule has 0 saturated carbocycles. The number of carbonyl (C=O) groups is 1. The number of carboxylic acid groups (broad SMARTS) is 1. The standard InChI is InChI=1S/C14H15N3O2/c15-13-9-12(11-5-2-1-3-6-11)10-16-17(13)8-4-7-14(18)19/h1-3,5-6,9-10,15H,4,7-8H2,(H,18,19)/p+1. The molecule has 0 aliphatic carbocycles. The average Bonchev–Trinajstić information content (AvgIpc) is 2.41. The summed E-state index contributed by atoms with van der Waals surface area (Å²) in [5.74, 6) is -0.271. The number of aliphatic carboxylic acids is 1. The summed E-state index contributed by atoms with van der Waals surface area (Å²) in [6, 6.07) is 11.7. The number of aryl methyl sites for hydroxylation is 1. The molecule has 0 spiro atoms. The average molecular weight is 258 g/mol. The molecule has 98 valence electrons. The Morgan fingerprint density at radius 3 is 2.63 bits per heavy atom. The van der Waals surface area contributed by atoms with Crippen molar-refractivity contribution in [2.45, 2.75) is 19.4 Å². The van der Waals surface area contributed by atoms with Crippen LogP contribution in [0.1, 0.15) is 12.8 Å². The lowest BCUT2D eigenvalue weighted by molar-refractivity contribution is -0.740. The van der Waals surface area contributed by atoms with Crippen molar-refractivity contribution in [3.8, 4) is 11.1 Å². The molecule has 3 N–H and O–H groups in total. The van der Waals surface area contributed by atoms with E-state index in [1.54, 1.807) is 10.9 Å². The molecule has 0 fully saturated rings. The molecule has 5 heteroatoms. The number of carboxylic acids is 1. The zero-order valence-electron chi connectivity index (χ0n) is 10.5. The summed E-state index contributed by atoms with van der Waals surface area (Å²) in [5.41, 5.74) is 7.94. The Balaban J connectivity index is 2.11. The van der Waals surface area contributed by atoms with E-state index in [1.165, 1.54) is 0 Å². The second-order valence-corrected chi connectivity index (χ2v) is 4.26. The highest BCUT2D eigenvalue weighted by molar-refractivity contribution is 5.66. The number of hydrogen-bond donors (Lipinski definition) is 2. The van der Waals surface area contributed by atoms with Gasteiger partial charge in [-0.1, -0.05) is 35.4 Å². The first kappa shape index (κ1) is 13.0. The molecule has 0 unspecified atom stereocenters. The lowest BCUT2D eigenvalue weighted by Gasteiger charge is -2.03. The van der Waals surface area contributed by atoms with Gasteiger partial charge in [0.2, 0.25) is 0 Å². The van der Waals surface area contributed by atoms with Crippen molar-refractivity contribution >= 4 is 11.8 Å². The van der Waals surface area contributed by atoms with Crippen molar-refractivity contribution in [1.29, 1.82) is 0 Å². The maximum absolute atomic E-state index is 10.5. The molecule has 0 saturated heterocycles. The van der Waals surface area contributed by atoms with Gasteiger partial charge in [-0.3, -0.25) is 10.5 Å². The van der Waals surface area contributed by atoms with Crippen LogP contribution in [0.4, 0.5) is 5.82 Å². The van der Waals surface area contributed by atoms with Crippen LogP contribution in [0.15, 0.2) is 42.6 Å². The Hall–Kier alpha value is -2.43. The number of aromatic nitrogens is 2. The first-order chi connectivity index (χ1) is 9.16. The van der Waals surface area contributed by atoms with Gasteiger partial charge in [0.25, 0.3) is 5.82 Å². The van der Waals surface area contributed by atoms with Gasteiger partial charge in [-0.25, -0.2) is 0 Å². The van der Waals surface area contributed by atoms with Gasteiger partial charge in [-0.15, -0.1) is 4.68 Å². The summed E-state index contributed by atoms with van der Waals surface area (Å²) < 4.78 is 1.62. The molecule has 19 heavy (non-hydrogen) atoms. The molecular weight excluding hydrogens is 242 g/mol. The van der Waals surface area contributed by atoms with Crippen LogP contribution in [0.2, 0.25) is 0 Å². The molecule has 0 atom stereocenters. The third kappa shape index (κ3) is 3.51. The van der Waals surface area contributed by atoms with Crippen LogP contribution >= 0.6 is 0 Å². The number of benzene rings is 1. The van der Waals surface area contributed by atoms with Crippen LogP contribution in [0.3, 0.4) is 0 Å². The molecule has 0 aliphatic heterocycles. The molecule has 1 aromatic carbocycles. The second kappa shape index (κ2) is 5.95. The van der Waals surface area contributed by atoms with Gasteiger partial charge in [0.05, 0.1) is 6.20 Å². The summed E-state index contributed by atoms with van der Waals surface area (Å²) in [6.07, 6.45) is 2.38. The molecule has 2 aromatic rings. The van der Waals surface area contributed by atoms with Crippen molar-refractivity contribution in [2.24, 2.45) is 0 Å². The Morgan fingerprint density at radius 1 is 1.26 bits per heavy atom. The zero-order chi connectivity index (χ0) is 13.7. The SMILES string of the molecule is Nc1cc(-c2ccccc2)cn[n+]1CCCC(=O)O. The number of hydrogen-bond acceptors (Lipinski definition) is 3. The number of rotatable bonds is 5. The van der Waals surface area contributed by atoms with Crippen LogP contribution in [0.25, 0.3) is 11.1 Å². The number of nitrogens with zero attached hydrogens (tertiary/aromatic N) is 2. The monoisotopic (exact) mass is 258 g/mol. The number of nitrogen functional groups attached to an aromatic ring is 1. The maximum atomic E-state index is 10.5. The minimum Gasteiger partial charge on any atom is -0.481 e. The molecule has 5 nitrogen and oxygen atoms in total. The highest BCUT2D eigenvalue weighted by Gasteiger charge is 2.09. The molecule has 0 amide bonds. The topological polar surface area (TPSA) is 80.1 Å². The van der Waals surface area contributed by atoms with Gasteiger partial charge in [0.15, 0.2) is 0 Å². The van der Waals surface area contributed by atoms with E-state index in [9.17, 15) is 4.79 Å². The Labute approximate surface area is 111 Å². The highest BCUT2D eigenvalue weighted by Crippen LogP contribution is 2.17. The molecular formula is C14H16N3O2+. The first-order valence-corrected chi connectivity index (χ1v) is 6.09. The molecule has 1 aromatic heterocycles. The van der Waals surface area contributed by atoms with Crippen molar-refractivity contribution in [2.75, 3.05) is 5.73 Å². The first-order valence-electron chi connectivity index (χ1n) is 6.09. The van der Waals surface area contributed by atoms with Gasteiger partial charge < -0.3 is 5.11 Å². The fourth-order valence-corrected chi connectivity index (χ4v) is 1.83. The van der Waals surface area contributed by atoms with Gasteiger partial charge in [0.1, 0.15) is 6.54 Å². The van der Waals surface area contributed by atoms with Crippen LogP contribution in [-0.4, -0.2) is 16.2 Å². The molecule has 0 bridgehead atoms. The van der Waals surface area contributed by atoms with E-state index in [-0.39, 0.29) is 6.42 Å². The highest BCUT2D eigenvalue weighted by atomic mass is 16.4. The van der Waals surface area contributed by atoms with E-state index in [0.717, 1.165) is 11.1 Å². The predicted molar refractivity (Wildman–Crippen MR) is 71.2 cm³/mol. The third-order valence-electron chi connectivity index (χ3n) is 2.81. The lowest BCUT2D eigenvalue weighted by atomic mass is 10.1. The van der Waals surface area contributed by atoms with E-state index in [1.807, 2.05) is 36.4 Å². The summed E-state index contributed by atoms with van der Waals surface area (Å²) in [7, 11) is 0. The fraction of sp³-hybridized carbons (Fsp3) is 0.214. The van der Waals surface area contributed by atoms with Crippen LogP contribution in [-0.2, 0) is 11.3 Å². The smallest absolute Gasteiger partial charge is 0.303 e. The molecule has 0 radical (unpaired) electrons. The Morgan fingerprint density at radius 2 is 2.00 bits per heavy atom. The van der Waals surface area contributed by atoms with Crippen LogP contribution < -0.4 is 10.4 Å². The minimum atomic E-state index is -0.805. The summed E-state index contributed by atoms with van der Waals surface area (Å²) >= 11 is 0. The zero-order valence-corrected chi connectivity index (χ0v) is 10.5. The second-order valence-electron chi connectivity index (χ2n) is 4.26. The normalized spacial score (nSPS) is 10.3. The Kier molecular flexibility index (Phi) is 4.07. The van der Waals surface area contributed by atoms with E-state index >= 15 is 0 Å². The van der Waals surface area contributed by atoms with Crippen LogP contribution in [0, 0.1) is 0 Å². The van der Waals surface area contributed by atoms with E-state index < -0.39 is 5.97 Å². The minimum absolute atomic E-state index is 0.120. The largest absolute Gasteiger partial charge is 0.481 e. The summed E-state index contributed by atoms with van der Waals surface area (Å²) in [5, 5.41) is 12.8. The van der Waals surface area contributed by atoms with Crippen LogP contribution in [0.5, 0.6) is 0 Å². The number of anilines is 1. The van der Waals surface area contributed by atoms with E-state index in [0.29, 0.717) is 18.8 Å². The van der Waals surface area contributed by atoms with Gasteiger partial charge in [-0.05, 0) is 12.0 Å². The summed E-state index contributed by atoms with van der Waals surface area (Å²) in [4.78, 5) is 10.5. The number of nitrogens with two attached hydrogens (primary N) is 1. The quantitative estimate of drug-likeness (QED) is 0.796. The molecule has 2 rings (SSSR count). The molecule has 1 heterocycles. The summed E-state index contributed by atoms with van der Waals surface area (Å²) in [6.45, 7) is 0.507. The van der Waals surface area contributed by atoms with Crippen molar-refractivity contribution in [3.05, 3.63) is 42.6 Å². The van der Waals surface area contributed by atoms with Gasteiger partial charge in [0, 0.05) is 18.1 Å². The van der Waals surface area contributed by atoms with E-state index in [4.69, 9.17) is 10.8 Å². The van der Waals surface area contributed by atoms with Crippen molar-refractivity contribution < 1.29 is 14.6 Å². The van der Waals surface area contributed by atoms with Gasteiger partial charge in [-0.2, -0.15) is 0 Å².